The van der Waals surface area contributed by atoms with Crippen molar-refractivity contribution in [1.82, 2.24) is 0 Å². The van der Waals surface area contributed by atoms with Gasteiger partial charge in [-0.2, -0.15) is 18.1 Å². The third kappa shape index (κ3) is 6.30. The van der Waals surface area contributed by atoms with E-state index in [-0.39, 0.29) is 17.7 Å². The van der Waals surface area contributed by atoms with Crippen LogP contribution in [0.25, 0.3) is 22.3 Å². The van der Waals surface area contributed by atoms with Gasteiger partial charge in [0.25, 0.3) is 0 Å². The zero-order chi connectivity index (χ0) is 28.4. The normalized spacial score (nSPS) is 14.2. The fraction of sp³-hybridized carbons (Fsp3) is 0.367. The van der Waals surface area contributed by atoms with Crippen molar-refractivity contribution in [2.24, 2.45) is 5.18 Å². The average Bonchev–Trinajstić information content (AvgIpc) is 2.89. The lowest BCUT2D eigenvalue weighted by Crippen LogP contribution is -2.30. The first-order chi connectivity index (χ1) is 18.4. The van der Waals surface area contributed by atoms with Gasteiger partial charge in [-0.25, -0.2) is 4.79 Å². The third-order valence-electron chi connectivity index (χ3n) is 6.38. The van der Waals surface area contributed by atoms with Crippen molar-refractivity contribution < 1.29 is 32.2 Å². The van der Waals surface area contributed by atoms with E-state index in [0.29, 0.717) is 41.0 Å². The molecule has 0 amide bonds. The molecule has 3 aromatic rings. The van der Waals surface area contributed by atoms with Gasteiger partial charge in [0.2, 0.25) is 0 Å². The molecule has 1 unspecified atom stereocenters. The van der Waals surface area contributed by atoms with Crippen molar-refractivity contribution >= 4 is 5.97 Å². The third-order valence-corrected chi connectivity index (χ3v) is 6.38. The van der Waals surface area contributed by atoms with Crippen molar-refractivity contribution in [3.63, 3.8) is 0 Å². The molecule has 3 aromatic carbocycles. The molecule has 0 bridgehead atoms. The Morgan fingerprint density at radius 3 is 2.49 bits per heavy atom. The standard InChI is InChI=1S/C30H30F3NO5/c1-29(2,3)39-27(28(35)37-4)26-23(30(31,32)33)12-11-22(19-8-5-7-18(15-19)17-34-36)25(26)21-10-13-24-20(16-21)9-6-14-38-24/h5,7-8,10-13,15-16,27H,6,9,14,17H2,1-4H3. The number of carbonyl (C=O) groups excluding carboxylic acids is 1. The number of ether oxygens (including phenoxy) is 3. The Morgan fingerprint density at radius 1 is 1.05 bits per heavy atom. The second-order valence-corrected chi connectivity index (χ2v) is 10.3. The molecular weight excluding hydrogens is 511 g/mol. The smallest absolute Gasteiger partial charge is 0.416 e. The number of methoxy groups -OCH3 is 1. The van der Waals surface area contributed by atoms with E-state index in [1.54, 1.807) is 63.2 Å². The summed E-state index contributed by atoms with van der Waals surface area (Å²) in [6.45, 7) is 5.45. The van der Waals surface area contributed by atoms with Crippen molar-refractivity contribution in [3.8, 4) is 28.0 Å². The second kappa shape index (κ2) is 11.2. The molecule has 0 spiro atoms. The van der Waals surface area contributed by atoms with Crippen LogP contribution in [0.3, 0.4) is 0 Å². The van der Waals surface area contributed by atoms with Gasteiger partial charge in [0, 0.05) is 5.56 Å². The number of carbonyl (C=O) groups is 1. The summed E-state index contributed by atoms with van der Waals surface area (Å²) in [5, 5.41) is 2.94. The predicted octanol–water partition coefficient (Wildman–Crippen LogP) is 7.66. The quantitative estimate of drug-likeness (QED) is 0.227. The molecule has 9 heteroatoms. The molecule has 0 fully saturated rings. The van der Waals surface area contributed by atoms with Gasteiger partial charge in [-0.05, 0) is 91.3 Å². The van der Waals surface area contributed by atoms with Crippen LogP contribution in [0.2, 0.25) is 0 Å². The van der Waals surface area contributed by atoms with E-state index in [2.05, 4.69) is 5.18 Å². The Labute approximate surface area is 225 Å². The molecule has 206 valence electrons. The van der Waals surface area contributed by atoms with Crippen LogP contribution < -0.4 is 4.74 Å². The lowest BCUT2D eigenvalue weighted by molar-refractivity contribution is -0.166. The van der Waals surface area contributed by atoms with Gasteiger partial charge in [-0.3, -0.25) is 0 Å². The minimum atomic E-state index is -4.79. The molecule has 0 aliphatic carbocycles. The first kappa shape index (κ1) is 28.3. The van der Waals surface area contributed by atoms with E-state index in [1.807, 2.05) is 0 Å². The summed E-state index contributed by atoms with van der Waals surface area (Å²) < 4.78 is 60.5. The average molecular weight is 542 g/mol. The van der Waals surface area contributed by atoms with Crippen LogP contribution in [0.5, 0.6) is 5.75 Å². The zero-order valence-corrected chi connectivity index (χ0v) is 22.2. The number of fused-ring (bicyclic) bond motifs is 1. The second-order valence-electron chi connectivity index (χ2n) is 10.3. The fourth-order valence-corrected chi connectivity index (χ4v) is 4.80. The molecule has 0 radical (unpaired) electrons. The van der Waals surface area contributed by atoms with E-state index < -0.39 is 29.4 Å². The summed E-state index contributed by atoms with van der Waals surface area (Å²) in [6, 6.07) is 14.4. The van der Waals surface area contributed by atoms with Crippen LogP contribution in [0, 0.1) is 4.91 Å². The number of alkyl halides is 3. The molecular formula is C30H30F3NO5. The van der Waals surface area contributed by atoms with E-state index in [0.717, 1.165) is 25.2 Å². The molecule has 0 saturated heterocycles. The maximum absolute atomic E-state index is 14.6. The van der Waals surface area contributed by atoms with Crippen LogP contribution >= 0.6 is 0 Å². The highest BCUT2D eigenvalue weighted by atomic mass is 19.4. The lowest BCUT2D eigenvalue weighted by atomic mass is 9.83. The van der Waals surface area contributed by atoms with E-state index in [1.165, 1.54) is 6.07 Å². The van der Waals surface area contributed by atoms with Gasteiger partial charge < -0.3 is 14.2 Å². The van der Waals surface area contributed by atoms with Gasteiger partial charge in [-0.1, -0.05) is 35.5 Å². The van der Waals surface area contributed by atoms with Crippen molar-refractivity contribution in [2.75, 3.05) is 13.7 Å². The molecule has 1 heterocycles. The lowest BCUT2D eigenvalue weighted by Gasteiger charge is -2.31. The van der Waals surface area contributed by atoms with Crippen LogP contribution in [0.15, 0.2) is 59.8 Å². The number of nitrogens with zero attached hydrogens (tertiary/aromatic N) is 1. The largest absolute Gasteiger partial charge is 0.493 e. The van der Waals surface area contributed by atoms with E-state index in [9.17, 15) is 22.9 Å². The van der Waals surface area contributed by atoms with Crippen molar-refractivity contribution in [3.05, 3.63) is 81.8 Å². The van der Waals surface area contributed by atoms with E-state index >= 15 is 0 Å². The monoisotopic (exact) mass is 541 g/mol. The predicted molar refractivity (Wildman–Crippen MR) is 141 cm³/mol. The summed E-state index contributed by atoms with van der Waals surface area (Å²) in [6.07, 6.45) is -4.99. The van der Waals surface area contributed by atoms with Crippen LogP contribution in [0.4, 0.5) is 13.2 Å². The molecule has 1 aliphatic rings. The number of nitroso groups, excluding NO2 is 1. The van der Waals surface area contributed by atoms with E-state index in [4.69, 9.17) is 14.2 Å². The van der Waals surface area contributed by atoms with Crippen molar-refractivity contribution in [2.45, 2.75) is 58.0 Å². The van der Waals surface area contributed by atoms with Gasteiger partial charge in [0.05, 0.1) is 24.9 Å². The minimum absolute atomic E-state index is 0.0925. The minimum Gasteiger partial charge on any atom is -0.493 e. The molecule has 0 aromatic heterocycles. The topological polar surface area (TPSA) is 74.2 Å². The maximum atomic E-state index is 14.6. The fourth-order valence-electron chi connectivity index (χ4n) is 4.80. The Kier molecular flexibility index (Phi) is 8.11. The van der Waals surface area contributed by atoms with Crippen LogP contribution in [-0.2, 0) is 33.4 Å². The molecule has 0 N–H and O–H groups in total. The highest BCUT2D eigenvalue weighted by molar-refractivity contribution is 5.91. The van der Waals surface area contributed by atoms with Gasteiger partial charge in [0.1, 0.15) is 12.3 Å². The number of esters is 1. The first-order valence-corrected chi connectivity index (χ1v) is 12.6. The zero-order valence-electron chi connectivity index (χ0n) is 22.2. The summed E-state index contributed by atoms with van der Waals surface area (Å²) in [5.41, 5.74) is 0.812. The number of benzene rings is 3. The summed E-state index contributed by atoms with van der Waals surface area (Å²) >= 11 is 0. The Bertz CT molecular complexity index is 1380. The summed E-state index contributed by atoms with van der Waals surface area (Å²) in [5.74, 6) is -0.274. The highest BCUT2D eigenvalue weighted by Gasteiger charge is 2.42. The molecule has 39 heavy (non-hydrogen) atoms. The Balaban J connectivity index is 2.12. The number of rotatable bonds is 7. The summed E-state index contributed by atoms with van der Waals surface area (Å²) in [7, 11) is 1.12. The molecule has 6 nitrogen and oxygen atoms in total. The van der Waals surface area contributed by atoms with Crippen LogP contribution in [0.1, 0.15) is 55.5 Å². The van der Waals surface area contributed by atoms with Gasteiger partial charge in [0.15, 0.2) is 6.10 Å². The molecule has 4 rings (SSSR count). The van der Waals surface area contributed by atoms with Crippen LogP contribution in [-0.4, -0.2) is 25.3 Å². The highest BCUT2D eigenvalue weighted by Crippen LogP contribution is 2.47. The molecule has 0 saturated carbocycles. The SMILES string of the molecule is COC(=O)C(OC(C)(C)C)c1c(C(F)(F)F)ccc(-c2cccc(CN=O)c2)c1-c1ccc2c(c1)CCCO2. The van der Waals surface area contributed by atoms with Gasteiger partial charge >= 0.3 is 12.1 Å². The van der Waals surface area contributed by atoms with Gasteiger partial charge in [-0.15, -0.1) is 0 Å². The molecule has 1 aliphatic heterocycles. The Hall–Kier alpha value is -3.72. The number of hydrogen-bond acceptors (Lipinski definition) is 6. The Morgan fingerprint density at radius 2 is 1.82 bits per heavy atom. The van der Waals surface area contributed by atoms with Crippen molar-refractivity contribution in [1.29, 1.82) is 0 Å². The number of hydrogen-bond donors (Lipinski definition) is 0. The summed E-state index contributed by atoms with van der Waals surface area (Å²) in [4.78, 5) is 24.0. The number of aryl methyl sites for hydroxylation is 1. The molecule has 1 atom stereocenters. The first-order valence-electron chi connectivity index (χ1n) is 12.6. The maximum Gasteiger partial charge on any atom is 0.416 e. The number of halogens is 3.